The maximum absolute atomic E-state index is 13.7. The molecular formula is C17H19F2N7. The van der Waals surface area contributed by atoms with E-state index in [1.54, 1.807) is 12.1 Å². The molecule has 9 heteroatoms. The molecule has 0 amide bonds. The van der Waals surface area contributed by atoms with E-state index in [2.05, 4.69) is 20.1 Å². The summed E-state index contributed by atoms with van der Waals surface area (Å²) in [6.45, 7) is 1.93. The molecule has 136 valence electrons. The van der Waals surface area contributed by atoms with Gasteiger partial charge in [-0.25, -0.2) is 13.8 Å². The first-order chi connectivity index (χ1) is 12.5. The number of nitrogens with one attached hydrogen (secondary N) is 2. The van der Waals surface area contributed by atoms with Crippen LogP contribution in [0.15, 0.2) is 45.4 Å². The third kappa shape index (κ3) is 4.38. The standard InChI is InChI=1S/C17H19F2N7/c1-2-11(13-5-6-15(25-13)17(21)24-9-20)16(26-22)8-23-14-4-3-10(18)7-12(14)19/h3-9,11,25H,2,22H2,1H3,(H3,20,21,24). The Balaban J connectivity index is 2.28. The molecule has 0 spiro atoms. The van der Waals surface area contributed by atoms with E-state index >= 15 is 0 Å². The SMILES string of the molecule is CCC(C(C=Nc1ccc(F)cc1F)=NN)c1ccc(C(N)=NC=N)[nH]1. The minimum absolute atomic E-state index is 0.0167. The molecule has 7 nitrogen and oxygen atoms in total. The van der Waals surface area contributed by atoms with E-state index in [-0.39, 0.29) is 17.4 Å². The Bertz CT molecular complexity index is 868. The topological polar surface area (TPSA) is 129 Å². The summed E-state index contributed by atoms with van der Waals surface area (Å²) in [5, 5.41) is 10.7. The molecule has 2 aromatic rings. The summed E-state index contributed by atoms with van der Waals surface area (Å²) in [5.41, 5.74) is 7.46. The lowest BCUT2D eigenvalue weighted by atomic mass is 9.97. The van der Waals surface area contributed by atoms with Crippen LogP contribution < -0.4 is 11.6 Å². The Morgan fingerprint density at radius 1 is 1.31 bits per heavy atom. The predicted octanol–water partition coefficient (Wildman–Crippen LogP) is 2.82. The Hall–Kier alpha value is -3.36. The number of benzene rings is 1. The lowest BCUT2D eigenvalue weighted by Crippen LogP contribution is -2.17. The van der Waals surface area contributed by atoms with Crippen LogP contribution in [0.4, 0.5) is 14.5 Å². The highest BCUT2D eigenvalue weighted by Crippen LogP contribution is 2.22. The molecular weight excluding hydrogens is 340 g/mol. The molecule has 1 heterocycles. The molecule has 0 aliphatic rings. The Morgan fingerprint density at radius 3 is 2.69 bits per heavy atom. The largest absolute Gasteiger partial charge is 0.382 e. The van der Waals surface area contributed by atoms with Crippen LogP contribution in [0.2, 0.25) is 0 Å². The van der Waals surface area contributed by atoms with Crippen LogP contribution in [-0.2, 0) is 0 Å². The fourth-order valence-corrected chi connectivity index (χ4v) is 2.43. The monoisotopic (exact) mass is 359 g/mol. The van der Waals surface area contributed by atoms with Gasteiger partial charge < -0.3 is 16.6 Å². The fourth-order valence-electron chi connectivity index (χ4n) is 2.43. The highest BCUT2D eigenvalue weighted by molar-refractivity contribution is 6.33. The van der Waals surface area contributed by atoms with Crippen molar-refractivity contribution in [3.05, 3.63) is 53.4 Å². The molecule has 0 bridgehead atoms. The average Bonchev–Trinajstić information content (AvgIpc) is 3.10. The zero-order valence-electron chi connectivity index (χ0n) is 14.1. The van der Waals surface area contributed by atoms with Gasteiger partial charge in [-0.15, -0.1) is 0 Å². The highest BCUT2D eigenvalue weighted by Gasteiger charge is 2.18. The number of aliphatic imine (C=N–C) groups is 2. The second-order valence-corrected chi connectivity index (χ2v) is 5.34. The van der Waals surface area contributed by atoms with Gasteiger partial charge in [-0.2, -0.15) is 5.10 Å². The molecule has 1 unspecified atom stereocenters. The van der Waals surface area contributed by atoms with Crippen molar-refractivity contribution < 1.29 is 8.78 Å². The number of aromatic nitrogens is 1. The number of hydrogen-bond donors (Lipinski definition) is 4. The zero-order valence-corrected chi connectivity index (χ0v) is 14.1. The summed E-state index contributed by atoms with van der Waals surface area (Å²) in [6, 6.07) is 6.64. The summed E-state index contributed by atoms with van der Waals surface area (Å²) in [6.07, 6.45) is 2.83. The fraction of sp³-hybridized carbons (Fsp3) is 0.176. The quantitative estimate of drug-likeness (QED) is 0.262. The number of hydrazone groups is 1. The molecule has 0 aliphatic heterocycles. The van der Waals surface area contributed by atoms with Crippen molar-refractivity contribution in [2.24, 2.45) is 26.7 Å². The van der Waals surface area contributed by atoms with Crippen molar-refractivity contribution in [1.82, 2.24) is 4.98 Å². The number of nitrogens with zero attached hydrogens (tertiary/aromatic N) is 3. The van der Waals surface area contributed by atoms with Gasteiger partial charge in [0.2, 0.25) is 0 Å². The average molecular weight is 359 g/mol. The second kappa shape index (κ2) is 8.65. The molecule has 1 aromatic heterocycles. The van der Waals surface area contributed by atoms with E-state index in [9.17, 15) is 8.78 Å². The van der Waals surface area contributed by atoms with Crippen molar-refractivity contribution >= 4 is 29.8 Å². The maximum Gasteiger partial charge on any atom is 0.151 e. The molecule has 0 radical (unpaired) electrons. The predicted molar refractivity (Wildman–Crippen MR) is 99.5 cm³/mol. The number of amidine groups is 1. The zero-order chi connectivity index (χ0) is 19.1. The number of H-pyrrole nitrogens is 1. The molecule has 0 aliphatic carbocycles. The number of hydrogen-bond acceptors (Lipinski definition) is 4. The Labute approximate surface area is 149 Å². The number of rotatable bonds is 7. The maximum atomic E-state index is 13.7. The molecule has 0 saturated heterocycles. The van der Waals surface area contributed by atoms with Crippen LogP contribution in [0, 0.1) is 17.0 Å². The van der Waals surface area contributed by atoms with E-state index in [4.69, 9.17) is 17.0 Å². The van der Waals surface area contributed by atoms with Crippen LogP contribution >= 0.6 is 0 Å². The Kier molecular flexibility index (Phi) is 6.31. The van der Waals surface area contributed by atoms with Gasteiger partial charge in [0.15, 0.2) is 5.82 Å². The smallest absolute Gasteiger partial charge is 0.151 e. The first kappa shape index (κ1) is 19.0. The molecule has 6 N–H and O–H groups in total. The number of aromatic amines is 1. The van der Waals surface area contributed by atoms with Crippen LogP contribution in [0.25, 0.3) is 0 Å². The van der Waals surface area contributed by atoms with Gasteiger partial charge in [0, 0.05) is 17.7 Å². The van der Waals surface area contributed by atoms with E-state index in [0.29, 0.717) is 17.8 Å². The van der Waals surface area contributed by atoms with Gasteiger partial charge in [0.05, 0.1) is 23.3 Å². The van der Waals surface area contributed by atoms with Crippen molar-refractivity contribution in [3.8, 4) is 0 Å². The second-order valence-electron chi connectivity index (χ2n) is 5.34. The summed E-state index contributed by atoms with van der Waals surface area (Å²) >= 11 is 0. The number of nitrogens with two attached hydrogens (primary N) is 2. The van der Waals surface area contributed by atoms with Crippen LogP contribution in [0.1, 0.15) is 30.7 Å². The highest BCUT2D eigenvalue weighted by atomic mass is 19.1. The van der Waals surface area contributed by atoms with E-state index in [0.717, 1.165) is 24.2 Å². The van der Waals surface area contributed by atoms with Gasteiger partial charge in [-0.1, -0.05) is 6.92 Å². The van der Waals surface area contributed by atoms with E-state index in [1.807, 2.05) is 6.92 Å². The van der Waals surface area contributed by atoms with Crippen molar-refractivity contribution in [2.75, 3.05) is 0 Å². The lowest BCUT2D eigenvalue weighted by Gasteiger charge is -2.12. The van der Waals surface area contributed by atoms with Crippen molar-refractivity contribution in [3.63, 3.8) is 0 Å². The van der Waals surface area contributed by atoms with Crippen LogP contribution in [-0.4, -0.2) is 29.1 Å². The molecule has 0 saturated carbocycles. The van der Waals surface area contributed by atoms with E-state index in [1.165, 1.54) is 12.3 Å². The minimum atomic E-state index is -0.775. The van der Waals surface area contributed by atoms with Crippen LogP contribution in [0.3, 0.4) is 0 Å². The summed E-state index contributed by atoms with van der Waals surface area (Å²) in [5.74, 6) is 3.96. The third-order valence-corrected chi connectivity index (χ3v) is 3.72. The normalized spacial score (nSPS) is 14.0. The Morgan fingerprint density at radius 2 is 2.08 bits per heavy atom. The van der Waals surface area contributed by atoms with Crippen LogP contribution in [0.5, 0.6) is 0 Å². The molecule has 1 aromatic carbocycles. The molecule has 26 heavy (non-hydrogen) atoms. The van der Waals surface area contributed by atoms with Gasteiger partial charge in [0.25, 0.3) is 0 Å². The van der Waals surface area contributed by atoms with E-state index < -0.39 is 11.6 Å². The summed E-state index contributed by atoms with van der Waals surface area (Å²) in [4.78, 5) is 10.8. The van der Waals surface area contributed by atoms with Gasteiger partial charge >= 0.3 is 0 Å². The lowest BCUT2D eigenvalue weighted by molar-refractivity contribution is 0.585. The van der Waals surface area contributed by atoms with Crippen molar-refractivity contribution in [2.45, 2.75) is 19.3 Å². The summed E-state index contributed by atoms with van der Waals surface area (Å²) in [7, 11) is 0. The molecule has 0 fully saturated rings. The first-order valence-corrected chi connectivity index (χ1v) is 7.78. The minimum Gasteiger partial charge on any atom is -0.382 e. The first-order valence-electron chi connectivity index (χ1n) is 7.78. The molecule has 2 rings (SSSR count). The van der Waals surface area contributed by atoms with Gasteiger partial charge in [0.1, 0.15) is 18.0 Å². The summed E-state index contributed by atoms with van der Waals surface area (Å²) < 4.78 is 26.7. The number of halogens is 2. The van der Waals surface area contributed by atoms with Gasteiger partial charge in [-0.3, -0.25) is 10.4 Å². The third-order valence-electron chi connectivity index (χ3n) is 3.72. The molecule has 1 atom stereocenters. The van der Waals surface area contributed by atoms with Gasteiger partial charge in [-0.05, 0) is 30.7 Å². The van der Waals surface area contributed by atoms with Crippen molar-refractivity contribution in [1.29, 1.82) is 5.41 Å².